The fourth-order valence-electron chi connectivity index (χ4n) is 3.40. The Balaban J connectivity index is 1.52. The predicted octanol–water partition coefficient (Wildman–Crippen LogP) is 3.32. The maximum atomic E-state index is 11.8. The average Bonchev–Trinajstić information content (AvgIpc) is 3.08. The molecule has 0 aliphatic heterocycles. The summed E-state index contributed by atoms with van der Waals surface area (Å²) in [5.41, 5.74) is 0.649. The van der Waals surface area contributed by atoms with Gasteiger partial charge in [0.05, 0.1) is 6.61 Å². The number of carbonyl (C=O) groups excluding carboxylic acids is 1. The van der Waals surface area contributed by atoms with Gasteiger partial charge >= 0.3 is 6.09 Å². The van der Waals surface area contributed by atoms with Crippen LogP contribution in [0.3, 0.4) is 0 Å². The van der Waals surface area contributed by atoms with Gasteiger partial charge in [0, 0.05) is 23.2 Å². The Morgan fingerprint density at radius 3 is 2.57 bits per heavy atom. The van der Waals surface area contributed by atoms with Crippen LogP contribution in [-0.4, -0.2) is 24.4 Å². The molecule has 21 heavy (non-hydrogen) atoms. The van der Waals surface area contributed by atoms with Gasteiger partial charge in [-0.25, -0.2) is 4.79 Å². The van der Waals surface area contributed by atoms with Gasteiger partial charge in [-0.05, 0) is 48.4 Å². The summed E-state index contributed by atoms with van der Waals surface area (Å²) in [6, 6.07) is 6.86. The largest absolute Gasteiger partial charge is 0.449 e. The molecule has 1 fully saturated rings. The fourth-order valence-corrected chi connectivity index (χ4v) is 3.53. The second kappa shape index (κ2) is 6.08. The zero-order chi connectivity index (χ0) is 14.8. The summed E-state index contributed by atoms with van der Waals surface area (Å²) in [5.74, 6) is 1.30. The van der Waals surface area contributed by atoms with Gasteiger partial charge in [-0.1, -0.05) is 23.8 Å². The van der Waals surface area contributed by atoms with E-state index in [0.717, 1.165) is 6.42 Å². The smallest absolute Gasteiger partial charge is 0.411 e. The molecule has 1 amide bonds. The highest BCUT2D eigenvalue weighted by molar-refractivity contribution is 6.30. The van der Waals surface area contributed by atoms with Crippen LogP contribution in [0.5, 0.6) is 0 Å². The summed E-state index contributed by atoms with van der Waals surface area (Å²) in [6.07, 6.45) is 4.95. The SMILES string of the molecule is O=C(Nc1ccc(Cl)cc1)OCC1C2C=CC(C2)C1CO. The summed E-state index contributed by atoms with van der Waals surface area (Å²) < 4.78 is 5.32. The van der Waals surface area contributed by atoms with Gasteiger partial charge < -0.3 is 9.84 Å². The van der Waals surface area contributed by atoms with Gasteiger partial charge in [-0.15, -0.1) is 0 Å². The summed E-state index contributed by atoms with van der Waals surface area (Å²) in [6.45, 7) is 0.495. The van der Waals surface area contributed by atoms with Crippen molar-refractivity contribution in [2.24, 2.45) is 23.7 Å². The van der Waals surface area contributed by atoms with Gasteiger partial charge in [-0.3, -0.25) is 5.32 Å². The number of anilines is 1. The van der Waals surface area contributed by atoms with E-state index in [1.807, 2.05) is 0 Å². The average molecular weight is 308 g/mol. The van der Waals surface area contributed by atoms with E-state index in [1.54, 1.807) is 24.3 Å². The van der Waals surface area contributed by atoms with E-state index in [2.05, 4.69) is 17.5 Å². The van der Waals surface area contributed by atoms with E-state index in [4.69, 9.17) is 16.3 Å². The summed E-state index contributed by atoms with van der Waals surface area (Å²) >= 11 is 5.79. The van der Waals surface area contributed by atoms with Crippen molar-refractivity contribution in [2.75, 3.05) is 18.5 Å². The van der Waals surface area contributed by atoms with Crippen molar-refractivity contribution in [3.05, 3.63) is 41.4 Å². The molecule has 4 nitrogen and oxygen atoms in total. The van der Waals surface area contributed by atoms with Crippen molar-refractivity contribution in [1.82, 2.24) is 0 Å². The number of benzene rings is 1. The highest BCUT2D eigenvalue weighted by Crippen LogP contribution is 2.47. The quantitative estimate of drug-likeness (QED) is 0.839. The first-order valence-electron chi connectivity index (χ1n) is 7.16. The highest BCUT2D eigenvalue weighted by Gasteiger charge is 2.44. The van der Waals surface area contributed by atoms with E-state index in [9.17, 15) is 9.90 Å². The van der Waals surface area contributed by atoms with Crippen LogP contribution in [-0.2, 0) is 4.74 Å². The third kappa shape index (κ3) is 3.06. The monoisotopic (exact) mass is 307 g/mol. The molecule has 1 saturated carbocycles. The number of hydrogen-bond acceptors (Lipinski definition) is 3. The lowest BCUT2D eigenvalue weighted by Gasteiger charge is -2.25. The number of aliphatic hydroxyl groups is 1. The van der Waals surface area contributed by atoms with Crippen LogP contribution >= 0.6 is 11.6 Å². The van der Waals surface area contributed by atoms with Crippen LogP contribution in [0.4, 0.5) is 10.5 Å². The highest BCUT2D eigenvalue weighted by atomic mass is 35.5. The van der Waals surface area contributed by atoms with E-state index >= 15 is 0 Å². The molecule has 112 valence electrons. The predicted molar refractivity (Wildman–Crippen MR) is 81.2 cm³/mol. The third-order valence-corrected chi connectivity index (χ3v) is 4.76. The van der Waals surface area contributed by atoms with Gasteiger partial charge in [0.1, 0.15) is 0 Å². The minimum absolute atomic E-state index is 0.151. The minimum Gasteiger partial charge on any atom is -0.449 e. The second-order valence-corrected chi connectivity index (χ2v) is 6.13. The van der Waals surface area contributed by atoms with Crippen molar-refractivity contribution >= 4 is 23.4 Å². The molecule has 0 heterocycles. The van der Waals surface area contributed by atoms with Crippen molar-refractivity contribution in [1.29, 1.82) is 0 Å². The number of hydrogen-bond donors (Lipinski definition) is 2. The molecule has 1 aromatic rings. The Morgan fingerprint density at radius 1 is 1.24 bits per heavy atom. The Hall–Kier alpha value is -1.52. The number of carbonyl (C=O) groups is 1. The number of rotatable bonds is 4. The first kappa shape index (κ1) is 14.4. The number of ether oxygens (including phenoxy) is 1. The first-order valence-corrected chi connectivity index (χ1v) is 7.53. The number of fused-ring (bicyclic) bond motifs is 2. The molecular formula is C16H18ClNO3. The molecule has 2 aliphatic rings. The van der Waals surface area contributed by atoms with Gasteiger partial charge in [0.2, 0.25) is 0 Å². The lowest BCUT2D eigenvalue weighted by Crippen LogP contribution is -2.29. The molecule has 2 aliphatic carbocycles. The van der Waals surface area contributed by atoms with E-state index in [0.29, 0.717) is 29.2 Å². The van der Waals surface area contributed by atoms with Crippen molar-refractivity contribution in [3.63, 3.8) is 0 Å². The van der Waals surface area contributed by atoms with Crippen LogP contribution in [0.1, 0.15) is 6.42 Å². The molecule has 4 atom stereocenters. The third-order valence-electron chi connectivity index (χ3n) is 4.51. The van der Waals surface area contributed by atoms with Crippen LogP contribution in [0.15, 0.2) is 36.4 Å². The maximum absolute atomic E-state index is 11.8. The second-order valence-electron chi connectivity index (χ2n) is 5.69. The van der Waals surface area contributed by atoms with Crippen LogP contribution in [0.25, 0.3) is 0 Å². The molecule has 0 spiro atoms. The summed E-state index contributed by atoms with van der Waals surface area (Å²) in [7, 11) is 0. The number of aliphatic hydroxyl groups excluding tert-OH is 1. The summed E-state index contributed by atoms with van der Waals surface area (Å²) in [5, 5.41) is 12.8. The molecular weight excluding hydrogens is 290 g/mol. The van der Waals surface area contributed by atoms with Crippen LogP contribution < -0.4 is 5.32 Å². The van der Waals surface area contributed by atoms with E-state index in [-0.39, 0.29) is 18.4 Å². The number of nitrogens with one attached hydrogen (secondary N) is 1. The topological polar surface area (TPSA) is 58.6 Å². The molecule has 0 aromatic heterocycles. The molecule has 4 unspecified atom stereocenters. The Labute approximate surface area is 128 Å². The number of allylic oxidation sites excluding steroid dienone is 2. The molecule has 1 aromatic carbocycles. The molecule has 0 radical (unpaired) electrons. The molecule has 3 rings (SSSR count). The van der Waals surface area contributed by atoms with Gasteiger partial charge in [0.25, 0.3) is 0 Å². The van der Waals surface area contributed by atoms with Crippen LogP contribution in [0, 0.1) is 23.7 Å². The molecule has 2 bridgehead atoms. The maximum Gasteiger partial charge on any atom is 0.411 e. The molecule has 0 saturated heterocycles. The van der Waals surface area contributed by atoms with E-state index < -0.39 is 6.09 Å². The van der Waals surface area contributed by atoms with Crippen molar-refractivity contribution in [3.8, 4) is 0 Å². The number of amides is 1. The zero-order valence-corrected chi connectivity index (χ0v) is 12.3. The van der Waals surface area contributed by atoms with Gasteiger partial charge in [0.15, 0.2) is 0 Å². The number of halogens is 1. The van der Waals surface area contributed by atoms with Crippen molar-refractivity contribution < 1.29 is 14.6 Å². The van der Waals surface area contributed by atoms with E-state index in [1.165, 1.54) is 0 Å². The first-order chi connectivity index (χ1) is 10.2. The summed E-state index contributed by atoms with van der Waals surface area (Å²) in [4.78, 5) is 11.8. The van der Waals surface area contributed by atoms with Crippen molar-refractivity contribution in [2.45, 2.75) is 6.42 Å². The Morgan fingerprint density at radius 2 is 1.90 bits per heavy atom. The Bertz CT molecular complexity index is 543. The lowest BCUT2D eigenvalue weighted by atomic mass is 9.84. The minimum atomic E-state index is -0.472. The van der Waals surface area contributed by atoms with Gasteiger partial charge in [-0.2, -0.15) is 0 Å². The Kier molecular flexibility index (Phi) is 4.17. The molecule has 2 N–H and O–H groups in total. The van der Waals surface area contributed by atoms with Crippen LogP contribution in [0.2, 0.25) is 5.02 Å². The zero-order valence-electron chi connectivity index (χ0n) is 11.5. The lowest BCUT2D eigenvalue weighted by molar-refractivity contribution is 0.0911. The fraction of sp³-hybridized carbons (Fsp3) is 0.438. The normalized spacial score (nSPS) is 29.6. The standard InChI is InChI=1S/C16H18ClNO3/c17-12-3-5-13(6-4-12)18-16(20)21-9-15-11-2-1-10(7-11)14(15)8-19/h1-6,10-11,14-15,19H,7-9H2,(H,18,20). The molecule has 5 heteroatoms.